The molecule has 2 rings (SSSR count). The SMILES string of the molecule is O=C1CCS(=O)c2cccc(F)c2N1. The van der Waals surface area contributed by atoms with Gasteiger partial charge in [-0.25, -0.2) is 4.39 Å². The lowest BCUT2D eigenvalue weighted by Gasteiger charge is -2.05. The molecule has 0 saturated heterocycles. The molecule has 1 amide bonds. The van der Waals surface area contributed by atoms with E-state index in [0.717, 1.165) is 0 Å². The molecule has 0 saturated carbocycles. The van der Waals surface area contributed by atoms with Crippen LogP contribution in [-0.2, 0) is 15.6 Å². The molecule has 1 atom stereocenters. The van der Waals surface area contributed by atoms with E-state index in [1.54, 1.807) is 6.07 Å². The van der Waals surface area contributed by atoms with Crippen molar-refractivity contribution in [1.82, 2.24) is 0 Å². The Kier molecular flexibility index (Phi) is 2.33. The summed E-state index contributed by atoms with van der Waals surface area (Å²) in [6, 6.07) is 4.30. The number of hydrogen-bond acceptors (Lipinski definition) is 2. The molecular formula is C9H8FNO2S. The van der Waals surface area contributed by atoms with Crippen molar-refractivity contribution in [2.24, 2.45) is 0 Å². The molecule has 0 aliphatic carbocycles. The van der Waals surface area contributed by atoms with E-state index in [2.05, 4.69) is 5.32 Å². The molecule has 3 nitrogen and oxygen atoms in total. The minimum atomic E-state index is -1.29. The summed E-state index contributed by atoms with van der Waals surface area (Å²) < 4.78 is 24.8. The number of amides is 1. The van der Waals surface area contributed by atoms with Crippen LogP contribution in [0, 0.1) is 5.82 Å². The van der Waals surface area contributed by atoms with Crippen LogP contribution in [0.5, 0.6) is 0 Å². The fourth-order valence-electron chi connectivity index (χ4n) is 1.31. The number of halogens is 1. The normalized spacial score (nSPS) is 20.9. The predicted octanol–water partition coefficient (Wildman–Crippen LogP) is 1.28. The average Bonchev–Trinajstić information content (AvgIpc) is 2.30. The summed E-state index contributed by atoms with van der Waals surface area (Å²) >= 11 is 0. The fraction of sp³-hybridized carbons (Fsp3) is 0.222. The van der Waals surface area contributed by atoms with Crippen LogP contribution in [0.2, 0.25) is 0 Å². The zero-order valence-corrected chi connectivity index (χ0v) is 8.07. The number of anilines is 1. The molecule has 14 heavy (non-hydrogen) atoms. The Labute approximate surface area is 82.8 Å². The van der Waals surface area contributed by atoms with E-state index in [0.29, 0.717) is 4.90 Å². The Balaban J connectivity index is 2.57. The van der Waals surface area contributed by atoms with Gasteiger partial charge in [0.2, 0.25) is 5.91 Å². The maximum absolute atomic E-state index is 13.2. The van der Waals surface area contributed by atoms with Crippen LogP contribution in [-0.4, -0.2) is 15.9 Å². The minimum absolute atomic E-state index is 0.0633. The van der Waals surface area contributed by atoms with Crippen molar-refractivity contribution >= 4 is 22.4 Å². The van der Waals surface area contributed by atoms with Crippen molar-refractivity contribution in [3.05, 3.63) is 24.0 Å². The molecular weight excluding hydrogens is 205 g/mol. The van der Waals surface area contributed by atoms with Gasteiger partial charge in [-0.3, -0.25) is 9.00 Å². The maximum atomic E-state index is 13.2. The zero-order chi connectivity index (χ0) is 10.1. The molecule has 5 heteroatoms. The molecule has 1 unspecified atom stereocenters. The zero-order valence-electron chi connectivity index (χ0n) is 7.25. The molecule has 0 aromatic heterocycles. The highest BCUT2D eigenvalue weighted by atomic mass is 32.2. The van der Waals surface area contributed by atoms with E-state index >= 15 is 0 Å². The molecule has 0 spiro atoms. The first kappa shape index (κ1) is 9.33. The van der Waals surface area contributed by atoms with Gasteiger partial charge >= 0.3 is 0 Å². The molecule has 1 aromatic rings. The minimum Gasteiger partial charge on any atom is -0.323 e. The molecule has 1 heterocycles. The molecule has 0 bridgehead atoms. The van der Waals surface area contributed by atoms with Gasteiger partial charge in [-0.05, 0) is 12.1 Å². The van der Waals surface area contributed by atoms with Gasteiger partial charge in [-0.2, -0.15) is 0 Å². The molecule has 0 radical (unpaired) electrons. The van der Waals surface area contributed by atoms with Crippen molar-refractivity contribution < 1.29 is 13.4 Å². The van der Waals surface area contributed by atoms with Crippen molar-refractivity contribution in [2.45, 2.75) is 11.3 Å². The number of nitrogens with one attached hydrogen (secondary N) is 1. The number of para-hydroxylation sites is 1. The van der Waals surface area contributed by atoms with Crippen LogP contribution in [0.25, 0.3) is 0 Å². The summed E-state index contributed by atoms with van der Waals surface area (Å²) in [7, 11) is -1.29. The van der Waals surface area contributed by atoms with Gasteiger partial charge in [0.1, 0.15) is 5.82 Å². The summed E-state index contributed by atoms with van der Waals surface area (Å²) in [5, 5.41) is 2.41. The second kappa shape index (κ2) is 3.49. The summed E-state index contributed by atoms with van der Waals surface area (Å²) in [6.07, 6.45) is 0.167. The Hall–Kier alpha value is -1.23. The topological polar surface area (TPSA) is 46.2 Å². The third-order valence-corrected chi connectivity index (χ3v) is 3.41. The van der Waals surface area contributed by atoms with Crippen LogP contribution < -0.4 is 5.32 Å². The van der Waals surface area contributed by atoms with E-state index < -0.39 is 16.6 Å². The van der Waals surface area contributed by atoms with Crippen molar-refractivity contribution in [3.8, 4) is 0 Å². The van der Waals surface area contributed by atoms with E-state index in [1.165, 1.54) is 12.1 Å². The van der Waals surface area contributed by atoms with Gasteiger partial charge in [0.05, 0.1) is 21.4 Å². The number of fused-ring (bicyclic) bond motifs is 1. The summed E-state index contributed by atoms with van der Waals surface area (Å²) in [5.74, 6) is -0.573. The second-order valence-corrected chi connectivity index (χ2v) is 4.50. The maximum Gasteiger partial charge on any atom is 0.225 e. The van der Waals surface area contributed by atoms with Crippen LogP contribution in [0.1, 0.15) is 6.42 Å². The van der Waals surface area contributed by atoms with Crippen LogP contribution in [0.4, 0.5) is 10.1 Å². The van der Waals surface area contributed by atoms with Gasteiger partial charge in [0.15, 0.2) is 0 Å². The number of rotatable bonds is 0. The van der Waals surface area contributed by atoms with E-state index in [1.807, 2.05) is 0 Å². The molecule has 1 N–H and O–H groups in total. The molecule has 74 valence electrons. The quantitative estimate of drug-likeness (QED) is 0.705. The first-order valence-electron chi connectivity index (χ1n) is 4.15. The van der Waals surface area contributed by atoms with E-state index in [-0.39, 0.29) is 23.8 Å². The first-order valence-corrected chi connectivity index (χ1v) is 5.47. The Morgan fingerprint density at radius 2 is 2.21 bits per heavy atom. The van der Waals surface area contributed by atoms with Gasteiger partial charge in [0, 0.05) is 12.2 Å². The first-order chi connectivity index (χ1) is 6.68. The number of hydrogen-bond donors (Lipinski definition) is 1. The van der Waals surface area contributed by atoms with Crippen molar-refractivity contribution in [2.75, 3.05) is 11.1 Å². The van der Waals surface area contributed by atoms with Crippen LogP contribution >= 0.6 is 0 Å². The van der Waals surface area contributed by atoms with Crippen molar-refractivity contribution in [3.63, 3.8) is 0 Å². The van der Waals surface area contributed by atoms with Gasteiger partial charge < -0.3 is 5.32 Å². The third kappa shape index (κ3) is 1.55. The van der Waals surface area contributed by atoms with E-state index in [9.17, 15) is 13.4 Å². The summed E-state index contributed by atoms with van der Waals surface area (Å²) in [6.45, 7) is 0. The summed E-state index contributed by atoms with van der Waals surface area (Å²) in [4.78, 5) is 11.5. The highest BCUT2D eigenvalue weighted by Crippen LogP contribution is 2.25. The predicted molar refractivity (Wildman–Crippen MR) is 50.9 cm³/mol. The Morgan fingerprint density at radius 1 is 1.43 bits per heavy atom. The summed E-state index contributed by atoms with van der Waals surface area (Å²) in [5.41, 5.74) is 0.0633. The molecule has 1 aliphatic heterocycles. The lowest BCUT2D eigenvalue weighted by Crippen LogP contribution is -2.11. The highest BCUT2D eigenvalue weighted by molar-refractivity contribution is 7.85. The van der Waals surface area contributed by atoms with Gasteiger partial charge in [-0.15, -0.1) is 0 Å². The van der Waals surface area contributed by atoms with Crippen LogP contribution in [0.3, 0.4) is 0 Å². The molecule has 1 aliphatic rings. The van der Waals surface area contributed by atoms with Crippen molar-refractivity contribution in [1.29, 1.82) is 0 Å². The largest absolute Gasteiger partial charge is 0.323 e. The van der Waals surface area contributed by atoms with Gasteiger partial charge in [-0.1, -0.05) is 6.07 Å². The monoisotopic (exact) mass is 213 g/mol. The number of carbonyl (C=O) groups excluding carboxylic acids is 1. The fourth-order valence-corrected chi connectivity index (χ4v) is 2.51. The highest BCUT2D eigenvalue weighted by Gasteiger charge is 2.20. The Morgan fingerprint density at radius 3 is 3.00 bits per heavy atom. The smallest absolute Gasteiger partial charge is 0.225 e. The number of carbonyl (C=O) groups is 1. The average molecular weight is 213 g/mol. The Bertz CT molecular complexity index is 419. The standard InChI is InChI=1S/C9H8FNO2S/c10-6-2-1-3-7-9(6)11-8(12)4-5-14(7)13/h1-3H,4-5H2,(H,11,12). The second-order valence-electron chi connectivity index (χ2n) is 2.96. The molecule has 1 aromatic carbocycles. The van der Waals surface area contributed by atoms with Crippen LogP contribution in [0.15, 0.2) is 23.1 Å². The van der Waals surface area contributed by atoms with Gasteiger partial charge in [0.25, 0.3) is 0 Å². The van der Waals surface area contributed by atoms with E-state index in [4.69, 9.17) is 0 Å². The third-order valence-electron chi connectivity index (χ3n) is 2.00. The lowest BCUT2D eigenvalue weighted by atomic mass is 10.3. The number of benzene rings is 1. The lowest BCUT2D eigenvalue weighted by molar-refractivity contribution is -0.115. The molecule has 0 fully saturated rings.